The fraction of sp³-hybridized carbons (Fsp3) is 0.600. The number of hydrogen-bond donors (Lipinski definition) is 2. The molecular formula is C10H15N3O3. The number of hydrogen-bond acceptors (Lipinski definition) is 4. The van der Waals surface area contributed by atoms with Gasteiger partial charge in [0.1, 0.15) is 6.26 Å². The summed E-state index contributed by atoms with van der Waals surface area (Å²) in [6, 6.07) is -0.0409. The number of ether oxygens (including phenoxy) is 1. The summed E-state index contributed by atoms with van der Waals surface area (Å²) in [7, 11) is 1.66. The highest BCUT2D eigenvalue weighted by molar-refractivity contribution is 5.87. The van der Waals surface area contributed by atoms with E-state index in [2.05, 4.69) is 15.6 Å². The van der Waals surface area contributed by atoms with Gasteiger partial charge >= 0.3 is 12.0 Å². The van der Waals surface area contributed by atoms with E-state index in [4.69, 9.17) is 9.15 Å². The molecule has 2 atom stereocenters. The zero-order chi connectivity index (χ0) is 11.4. The smallest absolute Gasteiger partial charge is 0.323 e. The average Bonchev–Trinajstić information content (AvgIpc) is 2.88. The van der Waals surface area contributed by atoms with Crippen LogP contribution in [0, 0.1) is 0 Å². The van der Waals surface area contributed by atoms with E-state index in [-0.39, 0.29) is 24.2 Å². The van der Waals surface area contributed by atoms with Gasteiger partial charge in [0.15, 0.2) is 0 Å². The number of amides is 2. The molecule has 6 nitrogen and oxygen atoms in total. The Balaban J connectivity index is 1.83. The van der Waals surface area contributed by atoms with Crippen molar-refractivity contribution in [3.8, 4) is 0 Å². The maximum absolute atomic E-state index is 11.6. The van der Waals surface area contributed by atoms with E-state index in [0.717, 1.165) is 19.3 Å². The first-order valence-corrected chi connectivity index (χ1v) is 5.29. The van der Waals surface area contributed by atoms with Gasteiger partial charge in [0, 0.05) is 7.11 Å². The standard InChI is InChI=1S/C10H15N3O3/c1-15-8-4-2-3-7(8)12-9(14)13-10-11-5-6-16-10/h5-8H,2-4H2,1H3,(H2,11,12,13,14)/t7-,8-/m0/s1. The molecule has 1 heterocycles. The van der Waals surface area contributed by atoms with Gasteiger partial charge in [0.2, 0.25) is 0 Å². The van der Waals surface area contributed by atoms with E-state index in [9.17, 15) is 4.79 Å². The van der Waals surface area contributed by atoms with E-state index < -0.39 is 0 Å². The third kappa shape index (κ3) is 2.52. The van der Waals surface area contributed by atoms with Crippen molar-refractivity contribution in [3.05, 3.63) is 12.5 Å². The Morgan fingerprint density at radius 2 is 2.50 bits per heavy atom. The predicted octanol–water partition coefficient (Wildman–Crippen LogP) is 1.36. The normalized spacial score (nSPS) is 24.3. The van der Waals surface area contributed by atoms with E-state index in [1.807, 2.05) is 0 Å². The van der Waals surface area contributed by atoms with E-state index in [1.54, 1.807) is 7.11 Å². The number of rotatable bonds is 3. The van der Waals surface area contributed by atoms with Gasteiger partial charge < -0.3 is 14.5 Å². The molecule has 2 amide bonds. The molecule has 1 aliphatic rings. The first kappa shape index (κ1) is 10.9. The van der Waals surface area contributed by atoms with Gasteiger partial charge in [0.25, 0.3) is 0 Å². The van der Waals surface area contributed by atoms with E-state index >= 15 is 0 Å². The van der Waals surface area contributed by atoms with Crippen LogP contribution >= 0.6 is 0 Å². The second-order valence-electron chi connectivity index (χ2n) is 3.75. The minimum absolute atomic E-state index is 0.0694. The Morgan fingerprint density at radius 1 is 1.62 bits per heavy atom. The second kappa shape index (κ2) is 4.98. The quantitative estimate of drug-likeness (QED) is 0.814. The molecule has 0 unspecified atom stereocenters. The molecular weight excluding hydrogens is 210 g/mol. The molecule has 0 radical (unpaired) electrons. The number of nitrogens with zero attached hydrogens (tertiary/aromatic N) is 1. The minimum Gasteiger partial charge on any atom is -0.432 e. The van der Waals surface area contributed by atoms with Gasteiger partial charge in [-0.05, 0) is 19.3 Å². The fourth-order valence-electron chi connectivity index (χ4n) is 1.96. The summed E-state index contributed by atoms with van der Waals surface area (Å²) in [6.07, 6.45) is 5.99. The summed E-state index contributed by atoms with van der Waals surface area (Å²) >= 11 is 0. The molecule has 0 spiro atoms. The summed E-state index contributed by atoms with van der Waals surface area (Å²) in [5.41, 5.74) is 0. The number of methoxy groups -OCH3 is 1. The lowest BCUT2D eigenvalue weighted by Gasteiger charge is -2.19. The largest absolute Gasteiger partial charge is 0.432 e. The van der Waals surface area contributed by atoms with Crippen molar-refractivity contribution in [1.29, 1.82) is 0 Å². The Morgan fingerprint density at radius 3 is 3.19 bits per heavy atom. The second-order valence-corrected chi connectivity index (χ2v) is 3.75. The van der Waals surface area contributed by atoms with E-state index in [1.165, 1.54) is 12.5 Å². The minimum atomic E-state index is -0.309. The van der Waals surface area contributed by atoms with Crippen LogP contribution in [-0.4, -0.2) is 30.3 Å². The van der Waals surface area contributed by atoms with Crippen LogP contribution in [0.2, 0.25) is 0 Å². The Hall–Kier alpha value is -1.56. The van der Waals surface area contributed by atoms with Crippen LogP contribution in [0.15, 0.2) is 16.9 Å². The average molecular weight is 225 g/mol. The van der Waals surface area contributed by atoms with Gasteiger partial charge in [-0.1, -0.05) is 0 Å². The predicted molar refractivity (Wildman–Crippen MR) is 57.1 cm³/mol. The van der Waals surface area contributed by atoms with E-state index in [0.29, 0.717) is 0 Å². The highest BCUT2D eigenvalue weighted by Crippen LogP contribution is 2.21. The SMILES string of the molecule is CO[C@H]1CCC[C@@H]1NC(=O)Nc1ncco1. The maximum Gasteiger partial charge on any atom is 0.323 e. The molecule has 16 heavy (non-hydrogen) atoms. The number of carbonyl (C=O) groups is 1. The monoisotopic (exact) mass is 225 g/mol. The van der Waals surface area contributed by atoms with Gasteiger partial charge in [-0.15, -0.1) is 0 Å². The molecule has 2 N–H and O–H groups in total. The summed E-state index contributed by atoms with van der Waals surface area (Å²) in [6.45, 7) is 0. The Kier molecular flexibility index (Phi) is 3.40. The first-order valence-electron chi connectivity index (χ1n) is 5.29. The highest BCUT2D eigenvalue weighted by Gasteiger charge is 2.28. The maximum atomic E-state index is 11.6. The van der Waals surface area contributed by atoms with Crippen molar-refractivity contribution < 1.29 is 13.9 Å². The summed E-state index contributed by atoms with van der Waals surface area (Å²) < 4.78 is 10.2. The molecule has 1 aliphatic carbocycles. The van der Waals surface area contributed by atoms with Gasteiger partial charge in [-0.3, -0.25) is 5.32 Å². The molecule has 6 heteroatoms. The number of anilines is 1. The molecule has 0 aliphatic heterocycles. The molecule has 0 aromatic carbocycles. The number of nitrogens with one attached hydrogen (secondary N) is 2. The topological polar surface area (TPSA) is 76.4 Å². The molecule has 1 fully saturated rings. The molecule has 88 valence electrons. The van der Waals surface area contributed by atoms with Crippen LogP contribution in [0.3, 0.4) is 0 Å². The zero-order valence-corrected chi connectivity index (χ0v) is 9.10. The van der Waals surface area contributed by atoms with Crippen molar-refractivity contribution in [3.63, 3.8) is 0 Å². The van der Waals surface area contributed by atoms with Crippen molar-refractivity contribution in [1.82, 2.24) is 10.3 Å². The molecule has 0 bridgehead atoms. The Bertz CT molecular complexity index is 339. The number of carbonyl (C=O) groups excluding carboxylic acids is 1. The fourth-order valence-corrected chi connectivity index (χ4v) is 1.96. The zero-order valence-electron chi connectivity index (χ0n) is 9.10. The molecule has 0 saturated heterocycles. The number of oxazole rings is 1. The van der Waals surface area contributed by atoms with Gasteiger partial charge in [0.05, 0.1) is 18.3 Å². The third-order valence-corrected chi connectivity index (χ3v) is 2.72. The van der Waals surface area contributed by atoms with Gasteiger partial charge in [-0.25, -0.2) is 9.78 Å². The van der Waals surface area contributed by atoms with Crippen LogP contribution in [0.1, 0.15) is 19.3 Å². The van der Waals surface area contributed by atoms with Crippen LogP contribution in [0.4, 0.5) is 10.8 Å². The lowest BCUT2D eigenvalue weighted by Crippen LogP contribution is -2.42. The van der Waals surface area contributed by atoms with Crippen LogP contribution in [0.5, 0.6) is 0 Å². The molecule has 1 aromatic rings. The summed E-state index contributed by atoms with van der Waals surface area (Å²) in [5.74, 6) is 0. The molecule has 2 rings (SSSR count). The van der Waals surface area contributed by atoms with Crippen molar-refractivity contribution in [2.45, 2.75) is 31.4 Å². The summed E-state index contributed by atoms with van der Waals surface area (Å²) in [5, 5.41) is 5.35. The number of aromatic nitrogens is 1. The lowest BCUT2D eigenvalue weighted by molar-refractivity contribution is 0.0882. The van der Waals surface area contributed by atoms with Crippen LogP contribution in [0.25, 0.3) is 0 Å². The van der Waals surface area contributed by atoms with Gasteiger partial charge in [-0.2, -0.15) is 0 Å². The third-order valence-electron chi connectivity index (χ3n) is 2.72. The summed E-state index contributed by atoms with van der Waals surface area (Å²) in [4.78, 5) is 15.4. The Labute approximate surface area is 93.4 Å². The molecule has 1 aromatic heterocycles. The highest BCUT2D eigenvalue weighted by atomic mass is 16.5. The van der Waals surface area contributed by atoms with Crippen LogP contribution < -0.4 is 10.6 Å². The first-order chi connectivity index (χ1) is 7.79. The van der Waals surface area contributed by atoms with Crippen LogP contribution in [-0.2, 0) is 4.74 Å². The number of urea groups is 1. The lowest BCUT2D eigenvalue weighted by atomic mass is 10.2. The molecule has 1 saturated carbocycles. The van der Waals surface area contributed by atoms with Crippen molar-refractivity contribution in [2.75, 3.05) is 12.4 Å². The van der Waals surface area contributed by atoms with Crippen molar-refractivity contribution >= 4 is 12.0 Å². The van der Waals surface area contributed by atoms with Crippen molar-refractivity contribution in [2.24, 2.45) is 0 Å².